The topological polar surface area (TPSA) is 134 Å². The molecule has 4 rings (SSSR count). The number of nitrogens with two attached hydrogens (primary N) is 2. The van der Waals surface area contributed by atoms with E-state index in [1.54, 1.807) is 64.2 Å². The fourth-order valence-electron chi connectivity index (χ4n) is 4.60. The number of carbonyl (C=O) groups is 4. The number of hydrogen-bond donors (Lipinski definition) is 2. The Hall–Kier alpha value is -3.88. The summed E-state index contributed by atoms with van der Waals surface area (Å²) in [6.45, 7) is 6.93. The normalized spacial score (nSPS) is 15.5. The van der Waals surface area contributed by atoms with Crippen molar-refractivity contribution in [2.24, 2.45) is 11.5 Å². The van der Waals surface area contributed by atoms with Crippen LogP contribution in [0.5, 0.6) is 0 Å². The first-order valence-corrected chi connectivity index (χ1v) is 12.1. The average molecular weight is 502 g/mol. The molecule has 0 aliphatic heterocycles. The summed E-state index contributed by atoms with van der Waals surface area (Å²) in [6.07, 6.45) is 1.15. The number of hydrogen-bond acceptors (Lipinski definition) is 7. The van der Waals surface area contributed by atoms with Crippen LogP contribution in [0.15, 0.2) is 65.9 Å². The molecule has 0 saturated heterocycles. The number of rotatable bonds is 6. The highest BCUT2D eigenvalue weighted by Gasteiger charge is 2.33. The molecule has 1 aromatic heterocycles. The number of carbonyl (C=O) groups excluding carboxylic acids is 4. The van der Waals surface area contributed by atoms with E-state index in [1.807, 2.05) is 18.2 Å². The highest BCUT2D eigenvalue weighted by atomic mass is 16.6. The third-order valence-corrected chi connectivity index (χ3v) is 6.46. The van der Waals surface area contributed by atoms with Crippen LogP contribution in [0.25, 0.3) is 10.9 Å². The van der Waals surface area contributed by atoms with Crippen molar-refractivity contribution in [3.63, 3.8) is 0 Å². The summed E-state index contributed by atoms with van der Waals surface area (Å²) in [5, 5.41) is 0.772. The summed E-state index contributed by atoms with van der Waals surface area (Å²) in [7, 11) is 0. The first-order valence-electron chi connectivity index (χ1n) is 12.1. The summed E-state index contributed by atoms with van der Waals surface area (Å²) in [5.74, 6) is -0.984. The Morgan fingerprint density at radius 2 is 1.46 bits per heavy atom. The summed E-state index contributed by atoms with van der Waals surface area (Å²) < 4.78 is 6.92. The molecule has 1 aliphatic rings. The molecule has 0 bridgehead atoms. The molecule has 1 unspecified atom stereocenters. The van der Waals surface area contributed by atoms with Crippen molar-refractivity contribution in [3.8, 4) is 0 Å². The van der Waals surface area contributed by atoms with E-state index in [0.29, 0.717) is 27.8 Å². The lowest BCUT2D eigenvalue weighted by Gasteiger charge is -2.22. The molecule has 0 radical (unpaired) electrons. The minimum Gasteiger partial charge on any atom is -0.443 e. The van der Waals surface area contributed by atoms with Gasteiger partial charge in [-0.15, -0.1) is 0 Å². The number of benzene rings is 2. The lowest BCUT2D eigenvalue weighted by atomic mass is 9.81. The SMILES string of the molecule is CC1=C(CC(N)C(=O)[C@H](N)Cc2cn(C(=O)OC(C)(C)C)c3ccccc23)C(=O)c2ccccc2C1=O. The number of ketones is 3. The highest BCUT2D eigenvalue weighted by Crippen LogP contribution is 2.29. The molecule has 0 fully saturated rings. The van der Waals surface area contributed by atoms with E-state index in [2.05, 4.69) is 0 Å². The summed E-state index contributed by atoms with van der Waals surface area (Å²) >= 11 is 0. The van der Waals surface area contributed by atoms with Gasteiger partial charge in [-0.2, -0.15) is 0 Å². The molecule has 0 amide bonds. The van der Waals surface area contributed by atoms with E-state index in [9.17, 15) is 19.2 Å². The smallest absolute Gasteiger partial charge is 0.419 e. The molecule has 3 aromatic rings. The number of fused-ring (bicyclic) bond motifs is 2. The minimum atomic E-state index is -1.07. The second-order valence-corrected chi connectivity index (χ2v) is 10.4. The van der Waals surface area contributed by atoms with Crippen molar-refractivity contribution in [3.05, 3.63) is 82.6 Å². The van der Waals surface area contributed by atoms with Crippen LogP contribution in [0.4, 0.5) is 4.79 Å². The van der Waals surface area contributed by atoms with Crippen LogP contribution in [0, 0.1) is 0 Å². The number of nitrogens with zero attached hydrogens (tertiary/aromatic N) is 1. The van der Waals surface area contributed by atoms with Crippen LogP contribution in [0.3, 0.4) is 0 Å². The van der Waals surface area contributed by atoms with E-state index in [1.165, 1.54) is 4.57 Å². The first-order chi connectivity index (χ1) is 17.4. The van der Waals surface area contributed by atoms with Crippen LogP contribution in [-0.2, 0) is 16.0 Å². The van der Waals surface area contributed by atoms with Gasteiger partial charge in [0.05, 0.1) is 17.6 Å². The molecule has 1 aliphatic carbocycles. The first kappa shape index (κ1) is 26.2. The third kappa shape index (κ3) is 5.16. The fourth-order valence-corrected chi connectivity index (χ4v) is 4.60. The van der Waals surface area contributed by atoms with E-state index >= 15 is 0 Å². The largest absolute Gasteiger partial charge is 0.443 e. The molecule has 2 aromatic carbocycles. The predicted molar refractivity (Wildman–Crippen MR) is 141 cm³/mol. The molecular formula is C29H31N3O5. The zero-order valence-electron chi connectivity index (χ0n) is 21.4. The Labute approximate surface area is 215 Å². The maximum absolute atomic E-state index is 13.2. The van der Waals surface area contributed by atoms with Gasteiger partial charge in [-0.25, -0.2) is 4.79 Å². The zero-order chi connectivity index (χ0) is 27.1. The number of para-hydroxylation sites is 1. The van der Waals surface area contributed by atoms with E-state index in [4.69, 9.17) is 16.2 Å². The van der Waals surface area contributed by atoms with Crippen molar-refractivity contribution < 1.29 is 23.9 Å². The van der Waals surface area contributed by atoms with E-state index < -0.39 is 29.6 Å². The van der Waals surface area contributed by atoms with Crippen molar-refractivity contribution in [2.45, 2.75) is 58.2 Å². The molecule has 1 heterocycles. The van der Waals surface area contributed by atoms with Crippen LogP contribution in [0.1, 0.15) is 60.4 Å². The Balaban J connectivity index is 1.54. The Morgan fingerprint density at radius 1 is 0.892 bits per heavy atom. The predicted octanol–water partition coefficient (Wildman–Crippen LogP) is 3.98. The second kappa shape index (κ2) is 9.88. The van der Waals surface area contributed by atoms with E-state index in [0.717, 1.165) is 5.39 Å². The quantitative estimate of drug-likeness (QED) is 0.522. The number of allylic oxidation sites excluding steroid dienone is 1. The molecule has 8 heteroatoms. The van der Waals surface area contributed by atoms with Crippen molar-refractivity contribution >= 4 is 34.3 Å². The highest BCUT2D eigenvalue weighted by molar-refractivity contribution is 6.26. The van der Waals surface area contributed by atoms with Gasteiger partial charge < -0.3 is 16.2 Å². The lowest BCUT2D eigenvalue weighted by molar-refractivity contribution is -0.121. The van der Waals surface area contributed by atoms with Crippen LogP contribution >= 0.6 is 0 Å². The summed E-state index contributed by atoms with van der Waals surface area (Å²) in [6, 6.07) is 11.9. The standard InChI is InChI=1S/C29H31N3O5/c1-16-21(26(34)20-11-6-5-10-19(20)25(16)33)14-23(31)27(35)22(30)13-17-15-32(28(36)37-29(2,3)4)24-12-8-7-9-18(17)24/h5-12,15,22-23H,13-14,30-31H2,1-4H3/t22-,23?/m1/s1. The Morgan fingerprint density at radius 3 is 2.11 bits per heavy atom. The Kier molecular flexibility index (Phi) is 6.99. The number of Topliss-reactive ketones (excluding diaryl/α,β-unsaturated/α-hetero) is 3. The van der Waals surface area contributed by atoms with Gasteiger partial charge in [0, 0.05) is 33.9 Å². The van der Waals surface area contributed by atoms with Crippen LogP contribution in [0.2, 0.25) is 0 Å². The summed E-state index contributed by atoms with van der Waals surface area (Å²) in [4.78, 5) is 51.7. The molecule has 192 valence electrons. The van der Waals surface area contributed by atoms with Crippen LogP contribution in [-0.4, -0.2) is 45.7 Å². The maximum atomic E-state index is 13.2. The fraction of sp³-hybridized carbons (Fsp3) is 0.310. The molecular weight excluding hydrogens is 470 g/mol. The van der Waals surface area contributed by atoms with Crippen molar-refractivity contribution in [1.82, 2.24) is 4.57 Å². The lowest BCUT2D eigenvalue weighted by Crippen LogP contribution is -2.45. The zero-order valence-corrected chi connectivity index (χ0v) is 21.4. The van der Waals surface area contributed by atoms with Gasteiger partial charge in [-0.05, 0) is 52.2 Å². The van der Waals surface area contributed by atoms with Gasteiger partial charge in [0.2, 0.25) is 0 Å². The Bertz CT molecular complexity index is 1460. The van der Waals surface area contributed by atoms with Crippen LogP contribution < -0.4 is 11.5 Å². The van der Waals surface area contributed by atoms with E-state index in [-0.39, 0.29) is 30.0 Å². The molecule has 2 atom stereocenters. The molecule has 0 saturated carbocycles. The van der Waals surface area contributed by atoms with Gasteiger partial charge in [-0.3, -0.25) is 19.0 Å². The van der Waals surface area contributed by atoms with Gasteiger partial charge in [-0.1, -0.05) is 42.5 Å². The second-order valence-electron chi connectivity index (χ2n) is 10.4. The molecule has 8 nitrogen and oxygen atoms in total. The minimum absolute atomic E-state index is 0.0864. The summed E-state index contributed by atoms with van der Waals surface area (Å²) in [5.41, 5.74) is 14.4. The van der Waals surface area contributed by atoms with Crippen molar-refractivity contribution in [1.29, 1.82) is 0 Å². The number of ether oxygens (including phenoxy) is 1. The molecule has 0 spiro atoms. The van der Waals surface area contributed by atoms with Gasteiger partial charge in [0.15, 0.2) is 17.3 Å². The van der Waals surface area contributed by atoms with Gasteiger partial charge in [0.1, 0.15) is 5.60 Å². The molecule has 37 heavy (non-hydrogen) atoms. The van der Waals surface area contributed by atoms with Crippen molar-refractivity contribution in [2.75, 3.05) is 0 Å². The third-order valence-electron chi connectivity index (χ3n) is 6.46. The number of aromatic nitrogens is 1. The van der Waals surface area contributed by atoms with Gasteiger partial charge in [0.25, 0.3) is 0 Å². The molecule has 4 N–H and O–H groups in total. The average Bonchev–Trinajstić information content (AvgIpc) is 3.22. The maximum Gasteiger partial charge on any atom is 0.419 e. The van der Waals surface area contributed by atoms with Gasteiger partial charge >= 0.3 is 6.09 Å². The monoisotopic (exact) mass is 501 g/mol.